The van der Waals surface area contributed by atoms with Crippen molar-refractivity contribution in [2.45, 2.75) is 13.8 Å². The molecule has 0 N–H and O–H groups in total. The van der Waals surface area contributed by atoms with Crippen LogP contribution in [0.1, 0.15) is 11.1 Å². The van der Waals surface area contributed by atoms with Crippen molar-refractivity contribution in [2.75, 3.05) is 0 Å². The van der Waals surface area contributed by atoms with Crippen LogP contribution in [0.25, 0.3) is 44.5 Å². The summed E-state index contributed by atoms with van der Waals surface area (Å²) in [5, 5.41) is 0.650. The third-order valence-corrected chi connectivity index (χ3v) is 6.53. The van der Waals surface area contributed by atoms with Crippen molar-refractivity contribution in [1.29, 1.82) is 0 Å². The largest absolute Gasteiger partial charge is 0.206 e. The van der Waals surface area contributed by atoms with Gasteiger partial charge in [0.2, 0.25) is 0 Å². The number of halogens is 2. The van der Waals surface area contributed by atoms with Crippen LogP contribution in [-0.4, -0.2) is 0 Å². The smallest absolute Gasteiger partial charge is 0.131 e. The average molecular weight is 463 g/mol. The Kier molecular flexibility index (Phi) is 6.04. The molecule has 0 bridgehead atoms. The zero-order chi connectivity index (χ0) is 23.7. The first-order valence-corrected chi connectivity index (χ1v) is 11.7. The summed E-state index contributed by atoms with van der Waals surface area (Å²) in [6.07, 6.45) is 0. The van der Waals surface area contributed by atoms with Gasteiger partial charge in [0.05, 0.1) is 0 Å². The van der Waals surface area contributed by atoms with Crippen molar-refractivity contribution >= 4 is 11.6 Å². The third-order valence-electron chi connectivity index (χ3n) is 6.21. The van der Waals surface area contributed by atoms with E-state index in [1.165, 1.54) is 11.1 Å². The molecule has 0 aliphatic heterocycles. The second kappa shape index (κ2) is 9.29. The van der Waals surface area contributed by atoms with Gasteiger partial charge in [-0.3, -0.25) is 0 Å². The SMILES string of the molecule is Cc1ccc(-c2ccc(-c3ccc(-c4ccc(-c5ccc(C)cc5)c(Cl)c4)cc3F)cc2)cc1. The minimum absolute atomic E-state index is 0.251. The Morgan fingerprint density at radius 3 is 1.35 bits per heavy atom. The second-order valence-electron chi connectivity index (χ2n) is 8.70. The minimum Gasteiger partial charge on any atom is -0.206 e. The zero-order valence-corrected chi connectivity index (χ0v) is 19.9. The van der Waals surface area contributed by atoms with E-state index in [2.05, 4.69) is 62.4 Å². The predicted molar refractivity (Wildman–Crippen MR) is 143 cm³/mol. The Balaban J connectivity index is 1.41. The molecule has 5 rings (SSSR count). The number of aryl methyl sites for hydroxylation is 2. The van der Waals surface area contributed by atoms with Crippen LogP contribution in [0.15, 0.2) is 109 Å². The van der Waals surface area contributed by atoms with E-state index >= 15 is 4.39 Å². The van der Waals surface area contributed by atoms with Gasteiger partial charge < -0.3 is 0 Å². The molecule has 0 saturated carbocycles. The van der Waals surface area contributed by atoms with Crippen LogP contribution in [0.5, 0.6) is 0 Å². The first-order valence-electron chi connectivity index (χ1n) is 11.3. The molecule has 5 aromatic rings. The van der Waals surface area contributed by atoms with Crippen molar-refractivity contribution < 1.29 is 4.39 Å². The summed E-state index contributed by atoms with van der Waals surface area (Å²) >= 11 is 6.60. The highest BCUT2D eigenvalue weighted by Gasteiger charge is 2.10. The fraction of sp³-hybridized carbons (Fsp3) is 0.0625. The molecule has 0 amide bonds. The number of rotatable bonds is 4. The van der Waals surface area contributed by atoms with Gasteiger partial charge in [-0.25, -0.2) is 4.39 Å². The molecule has 0 fully saturated rings. The van der Waals surface area contributed by atoms with Crippen LogP contribution in [0.4, 0.5) is 4.39 Å². The second-order valence-corrected chi connectivity index (χ2v) is 9.11. The van der Waals surface area contributed by atoms with Crippen LogP contribution < -0.4 is 0 Å². The highest BCUT2D eigenvalue weighted by Crippen LogP contribution is 2.34. The van der Waals surface area contributed by atoms with Crippen LogP contribution in [0.2, 0.25) is 5.02 Å². The van der Waals surface area contributed by atoms with Crippen LogP contribution >= 0.6 is 11.6 Å². The third kappa shape index (κ3) is 4.53. The van der Waals surface area contributed by atoms with Crippen molar-refractivity contribution in [1.82, 2.24) is 0 Å². The van der Waals surface area contributed by atoms with Crippen molar-refractivity contribution in [2.24, 2.45) is 0 Å². The van der Waals surface area contributed by atoms with Crippen LogP contribution in [0.3, 0.4) is 0 Å². The van der Waals surface area contributed by atoms with E-state index in [1.54, 1.807) is 6.07 Å². The predicted octanol–water partition coefficient (Wildman–Crippen LogP) is 9.76. The van der Waals surface area contributed by atoms with Gasteiger partial charge in [0.25, 0.3) is 0 Å². The van der Waals surface area contributed by atoms with E-state index in [-0.39, 0.29) is 5.82 Å². The maximum Gasteiger partial charge on any atom is 0.131 e. The number of hydrogen-bond acceptors (Lipinski definition) is 0. The fourth-order valence-corrected chi connectivity index (χ4v) is 4.47. The fourth-order valence-electron chi connectivity index (χ4n) is 4.18. The quantitative estimate of drug-likeness (QED) is 0.249. The summed E-state index contributed by atoms with van der Waals surface area (Å²) in [5.74, 6) is -0.251. The molecule has 34 heavy (non-hydrogen) atoms. The Hall–Kier alpha value is -3.68. The lowest BCUT2D eigenvalue weighted by Crippen LogP contribution is -1.88. The molecule has 166 valence electrons. The highest BCUT2D eigenvalue weighted by molar-refractivity contribution is 6.33. The normalized spacial score (nSPS) is 10.9. The molecule has 0 spiro atoms. The topological polar surface area (TPSA) is 0 Å². The molecule has 0 aliphatic rings. The summed E-state index contributed by atoms with van der Waals surface area (Å²) in [7, 11) is 0. The van der Waals surface area contributed by atoms with Gasteiger partial charge in [0.15, 0.2) is 0 Å². The van der Waals surface area contributed by atoms with Crippen molar-refractivity contribution in [3.05, 3.63) is 131 Å². The summed E-state index contributed by atoms with van der Waals surface area (Å²) in [4.78, 5) is 0. The monoisotopic (exact) mass is 462 g/mol. The molecular formula is C32H24ClF. The summed E-state index contributed by atoms with van der Waals surface area (Å²) in [6.45, 7) is 4.14. The molecule has 0 unspecified atom stereocenters. The van der Waals surface area contributed by atoms with Crippen LogP contribution in [-0.2, 0) is 0 Å². The van der Waals surface area contributed by atoms with Crippen LogP contribution in [0, 0.1) is 19.7 Å². The summed E-state index contributed by atoms with van der Waals surface area (Å²) < 4.78 is 15.1. The molecule has 0 aliphatic carbocycles. The Labute approximate surface area is 205 Å². The Morgan fingerprint density at radius 1 is 0.441 bits per heavy atom. The molecule has 0 radical (unpaired) electrons. The molecule has 5 aromatic carbocycles. The Bertz CT molecular complexity index is 1450. The van der Waals surface area contributed by atoms with E-state index < -0.39 is 0 Å². The summed E-state index contributed by atoms with van der Waals surface area (Å²) in [6, 6.07) is 36.0. The van der Waals surface area contributed by atoms with E-state index in [4.69, 9.17) is 11.6 Å². The lowest BCUT2D eigenvalue weighted by Gasteiger charge is -2.11. The average Bonchev–Trinajstić information content (AvgIpc) is 2.85. The summed E-state index contributed by atoms with van der Waals surface area (Å²) in [5.41, 5.74) is 9.87. The molecule has 2 heteroatoms. The molecule has 0 heterocycles. The van der Waals surface area contributed by atoms with Gasteiger partial charge in [0, 0.05) is 16.1 Å². The maximum atomic E-state index is 15.1. The van der Waals surface area contributed by atoms with E-state index in [0.29, 0.717) is 10.6 Å². The minimum atomic E-state index is -0.251. The molecular weight excluding hydrogens is 439 g/mol. The first kappa shape index (κ1) is 22.1. The van der Waals surface area contributed by atoms with Crippen molar-refractivity contribution in [3.63, 3.8) is 0 Å². The van der Waals surface area contributed by atoms with E-state index in [9.17, 15) is 0 Å². The van der Waals surface area contributed by atoms with Gasteiger partial charge in [-0.1, -0.05) is 120 Å². The lowest BCUT2D eigenvalue weighted by atomic mass is 9.96. The first-order chi connectivity index (χ1) is 16.5. The standard InChI is InChI=1S/C32H24ClF/c1-21-3-7-23(8-4-21)24-11-13-26(14-12-24)30-18-16-28(20-32(30)34)27-15-17-29(31(33)19-27)25-9-5-22(2)6-10-25/h3-20H,1-2H3. The van der Waals surface area contributed by atoms with Crippen molar-refractivity contribution in [3.8, 4) is 44.5 Å². The number of benzene rings is 5. The zero-order valence-electron chi connectivity index (χ0n) is 19.1. The van der Waals surface area contributed by atoms with Gasteiger partial charge in [-0.2, -0.15) is 0 Å². The molecule has 0 saturated heterocycles. The van der Waals surface area contributed by atoms with Gasteiger partial charge in [-0.15, -0.1) is 0 Å². The molecule has 0 nitrogen and oxygen atoms in total. The van der Waals surface area contributed by atoms with Gasteiger partial charge in [-0.05, 0) is 59.4 Å². The van der Waals surface area contributed by atoms with Gasteiger partial charge in [0.1, 0.15) is 5.82 Å². The maximum absolute atomic E-state index is 15.1. The molecule has 0 aromatic heterocycles. The van der Waals surface area contributed by atoms with E-state index in [0.717, 1.165) is 38.9 Å². The highest BCUT2D eigenvalue weighted by atomic mass is 35.5. The van der Waals surface area contributed by atoms with E-state index in [1.807, 2.05) is 54.6 Å². The number of hydrogen-bond donors (Lipinski definition) is 0. The Morgan fingerprint density at radius 2 is 0.824 bits per heavy atom. The molecule has 0 atom stereocenters. The lowest BCUT2D eigenvalue weighted by molar-refractivity contribution is 0.632. The van der Waals surface area contributed by atoms with Gasteiger partial charge >= 0.3 is 0 Å².